The highest BCUT2D eigenvalue weighted by Crippen LogP contribution is 2.24. The quantitative estimate of drug-likeness (QED) is 0.571. The summed E-state index contributed by atoms with van der Waals surface area (Å²) in [5.41, 5.74) is 0.301. The molecule has 0 bridgehead atoms. The lowest BCUT2D eigenvalue weighted by Gasteiger charge is -2.18. The van der Waals surface area contributed by atoms with Crippen molar-refractivity contribution < 1.29 is 24.9 Å². The van der Waals surface area contributed by atoms with Crippen molar-refractivity contribution in [2.24, 2.45) is 0 Å². The van der Waals surface area contributed by atoms with Crippen LogP contribution in [0.25, 0.3) is 0 Å². The number of hydrogen-bond acceptors (Lipinski definition) is 5. The van der Waals surface area contributed by atoms with Gasteiger partial charge in [-0.05, 0) is 30.8 Å². The van der Waals surface area contributed by atoms with Crippen molar-refractivity contribution in [3.63, 3.8) is 0 Å². The average molecular weight is 255 g/mol. The average Bonchev–Trinajstić information content (AvgIpc) is 2.37. The van der Waals surface area contributed by atoms with Gasteiger partial charge in [0.05, 0.1) is 18.8 Å². The molecule has 0 aromatic heterocycles. The predicted octanol–water partition coefficient (Wildman–Crippen LogP) is 0.00710. The lowest BCUT2D eigenvalue weighted by Crippen LogP contribution is -2.29. The second kappa shape index (κ2) is 6.34. The van der Waals surface area contributed by atoms with Gasteiger partial charge in [-0.25, -0.2) is 4.79 Å². The van der Waals surface area contributed by atoms with Crippen molar-refractivity contribution in [3.05, 3.63) is 29.3 Å². The Morgan fingerprint density at radius 2 is 2.06 bits per heavy atom. The van der Waals surface area contributed by atoms with Gasteiger partial charge in [-0.2, -0.15) is 0 Å². The zero-order chi connectivity index (χ0) is 13.7. The largest absolute Gasteiger partial charge is 0.497 e. The molecule has 18 heavy (non-hydrogen) atoms. The molecule has 4 N–H and O–H groups in total. The summed E-state index contributed by atoms with van der Waals surface area (Å²) in [5, 5.41) is 31.2. The molecule has 0 aliphatic carbocycles. The molecule has 0 saturated carbocycles. The number of nitrogens with one attached hydrogen (secondary N) is 1. The lowest BCUT2D eigenvalue weighted by atomic mass is 10.0. The van der Waals surface area contributed by atoms with Gasteiger partial charge in [-0.1, -0.05) is 0 Å². The third kappa shape index (κ3) is 3.43. The minimum absolute atomic E-state index is 0.0000534. The van der Waals surface area contributed by atoms with Gasteiger partial charge in [-0.3, -0.25) is 0 Å². The van der Waals surface area contributed by atoms with Crippen LogP contribution in [0.15, 0.2) is 18.2 Å². The van der Waals surface area contributed by atoms with Crippen LogP contribution in [-0.2, 0) is 0 Å². The van der Waals surface area contributed by atoms with E-state index >= 15 is 0 Å². The number of benzene rings is 1. The van der Waals surface area contributed by atoms with E-state index in [1.165, 1.54) is 25.3 Å². The van der Waals surface area contributed by atoms with Gasteiger partial charge in [0.15, 0.2) is 0 Å². The van der Waals surface area contributed by atoms with E-state index in [9.17, 15) is 15.0 Å². The number of methoxy groups -OCH3 is 1. The highest BCUT2D eigenvalue weighted by atomic mass is 16.5. The smallest absolute Gasteiger partial charge is 0.335 e. The topological polar surface area (TPSA) is 99.0 Å². The van der Waals surface area contributed by atoms with Crippen LogP contribution in [0.2, 0.25) is 0 Å². The first-order valence-corrected chi connectivity index (χ1v) is 5.42. The van der Waals surface area contributed by atoms with Gasteiger partial charge >= 0.3 is 5.97 Å². The van der Waals surface area contributed by atoms with Crippen molar-refractivity contribution in [2.75, 3.05) is 20.7 Å². The summed E-state index contributed by atoms with van der Waals surface area (Å²) < 4.78 is 4.96. The summed E-state index contributed by atoms with van der Waals surface area (Å²) >= 11 is 0. The van der Waals surface area contributed by atoms with E-state index in [1.54, 1.807) is 7.05 Å². The Morgan fingerprint density at radius 3 is 2.56 bits per heavy atom. The van der Waals surface area contributed by atoms with Crippen LogP contribution in [0.5, 0.6) is 5.75 Å². The van der Waals surface area contributed by atoms with Crippen LogP contribution in [0.4, 0.5) is 0 Å². The Balaban J connectivity index is 3.07. The fourth-order valence-corrected chi connectivity index (χ4v) is 1.58. The second-order valence-corrected chi connectivity index (χ2v) is 3.87. The van der Waals surface area contributed by atoms with Gasteiger partial charge in [0.25, 0.3) is 0 Å². The summed E-state index contributed by atoms with van der Waals surface area (Å²) in [6.45, 7) is 0.195. The Hall–Kier alpha value is -1.63. The molecule has 0 aliphatic rings. The maximum Gasteiger partial charge on any atom is 0.335 e. The van der Waals surface area contributed by atoms with E-state index < -0.39 is 18.2 Å². The molecule has 6 nitrogen and oxygen atoms in total. The SMILES string of the molecule is CNCC(O)C(O)c1cc(OC)cc(C(=O)O)c1. The molecule has 2 unspecified atom stereocenters. The van der Waals surface area contributed by atoms with Crippen LogP contribution in [-0.4, -0.2) is 48.1 Å². The Morgan fingerprint density at radius 1 is 1.39 bits per heavy atom. The van der Waals surface area contributed by atoms with Gasteiger partial charge < -0.3 is 25.4 Å². The normalized spacial score (nSPS) is 14.0. The number of carboxylic acid groups (broad SMARTS) is 1. The third-order valence-electron chi connectivity index (χ3n) is 2.53. The second-order valence-electron chi connectivity index (χ2n) is 3.87. The molecule has 0 amide bonds. The first-order valence-electron chi connectivity index (χ1n) is 5.42. The van der Waals surface area contributed by atoms with Crippen molar-refractivity contribution in [3.8, 4) is 5.75 Å². The first kappa shape index (κ1) is 14.4. The van der Waals surface area contributed by atoms with E-state index in [2.05, 4.69) is 5.32 Å². The molecule has 0 heterocycles. The highest BCUT2D eigenvalue weighted by Gasteiger charge is 2.20. The molecule has 0 fully saturated rings. The number of carbonyl (C=O) groups is 1. The molecule has 1 rings (SSSR count). The number of likely N-dealkylation sites (N-methyl/N-ethyl adjacent to an activating group) is 1. The van der Waals surface area contributed by atoms with E-state index in [0.717, 1.165) is 0 Å². The molecule has 100 valence electrons. The molecule has 0 radical (unpaired) electrons. The minimum atomic E-state index is -1.18. The Labute approximate surface area is 105 Å². The molecular weight excluding hydrogens is 238 g/mol. The molecule has 2 atom stereocenters. The highest BCUT2D eigenvalue weighted by molar-refractivity contribution is 5.88. The number of carboxylic acids is 1. The zero-order valence-corrected chi connectivity index (χ0v) is 10.3. The van der Waals surface area contributed by atoms with Crippen LogP contribution in [0.1, 0.15) is 22.0 Å². The van der Waals surface area contributed by atoms with Crippen molar-refractivity contribution >= 4 is 5.97 Å². The van der Waals surface area contributed by atoms with Crippen LogP contribution < -0.4 is 10.1 Å². The number of rotatable bonds is 6. The molecule has 1 aromatic rings. The van der Waals surface area contributed by atoms with Crippen molar-refractivity contribution in [2.45, 2.75) is 12.2 Å². The van der Waals surface area contributed by atoms with Gasteiger partial charge in [0.1, 0.15) is 11.9 Å². The predicted molar refractivity (Wildman–Crippen MR) is 64.8 cm³/mol. The number of aliphatic hydroxyl groups excluding tert-OH is 2. The third-order valence-corrected chi connectivity index (χ3v) is 2.53. The lowest BCUT2D eigenvalue weighted by molar-refractivity contribution is 0.0200. The molecule has 0 spiro atoms. The maximum absolute atomic E-state index is 10.9. The monoisotopic (exact) mass is 255 g/mol. The summed E-state index contributed by atoms with van der Waals surface area (Å²) in [6, 6.07) is 4.16. The van der Waals surface area contributed by atoms with Crippen LogP contribution in [0.3, 0.4) is 0 Å². The van der Waals surface area contributed by atoms with Crippen LogP contribution in [0, 0.1) is 0 Å². The minimum Gasteiger partial charge on any atom is -0.497 e. The number of aliphatic hydroxyl groups is 2. The van der Waals surface area contributed by atoms with E-state index in [4.69, 9.17) is 9.84 Å². The van der Waals surface area contributed by atoms with Crippen molar-refractivity contribution in [1.82, 2.24) is 5.32 Å². The molecule has 0 saturated heterocycles. The van der Waals surface area contributed by atoms with E-state index in [-0.39, 0.29) is 12.1 Å². The summed E-state index contributed by atoms with van der Waals surface area (Å²) in [6.07, 6.45) is -2.20. The standard InChI is InChI=1S/C12H17NO5/c1-13-6-10(14)11(15)7-3-8(12(16)17)5-9(4-7)18-2/h3-5,10-11,13-15H,6H2,1-2H3,(H,16,17). The summed E-state index contributed by atoms with van der Waals surface area (Å²) in [5.74, 6) is -0.800. The molecule has 1 aromatic carbocycles. The van der Waals surface area contributed by atoms with Crippen molar-refractivity contribution in [1.29, 1.82) is 0 Å². The molecule has 0 aliphatic heterocycles. The van der Waals surface area contributed by atoms with Gasteiger partial charge in [-0.15, -0.1) is 0 Å². The van der Waals surface area contributed by atoms with E-state index in [1.807, 2.05) is 0 Å². The number of hydrogen-bond donors (Lipinski definition) is 4. The Kier molecular flexibility index (Phi) is 5.08. The van der Waals surface area contributed by atoms with Crippen LogP contribution >= 0.6 is 0 Å². The number of aromatic carboxylic acids is 1. The first-order chi connectivity index (χ1) is 8.49. The van der Waals surface area contributed by atoms with Gasteiger partial charge in [0, 0.05) is 6.54 Å². The molecular formula is C12H17NO5. The summed E-state index contributed by atoms with van der Waals surface area (Å²) in [4.78, 5) is 10.9. The Bertz CT molecular complexity index is 421. The fourth-order valence-electron chi connectivity index (χ4n) is 1.58. The fraction of sp³-hybridized carbons (Fsp3) is 0.417. The maximum atomic E-state index is 10.9. The zero-order valence-electron chi connectivity index (χ0n) is 10.3. The number of ether oxygens (including phenoxy) is 1. The van der Waals surface area contributed by atoms with E-state index in [0.29, 0.717) is 11.3 Å². The molecule has 6 heteroatoms. The van der Waals surface area contributed by atoms with Gasteiger partial charge in [0.2, 0.25) is 0 Å². The summed E-state index contributed by atoms with van der Waals surface area (Å²) in [7, 11) is 3.05.